The van der Waals surface area contributed by atoms with Crippen molar-refractivity contribution in [2.75, 3.05) is 11.9 Å². The van der Waals surface area contributed by atoms with Crippen LogP contribution in [0.2, 0.25) is 5.02 Å². The van der Waals surface area contributed by atoms with Crippen molar-refractivity contribution in [2.24, 2.45) is 0 Å². The Morgan fingerprint density at radius 1 is 1.12 bits per heavy atom. The maximum atomic E-state index is 9.49. The fourth-order valence-electron chi connectivity index (χ4n) is 2.18. The molecule has 2 N–H and O–H groups in total. The van der Waals surface area contributed by atoms with Crippen LogP contribution in [0, 0.1) is 0 Å². The van der Waals surface area contributed by atoms with E-state index in [2.05, 4.69) is 20.3 Å². The predicted octanol–water partition coefficient (Wildman–Crippen LogP) is 3.65. The minimum atomic E-state index is -0.471. The summed E-state index contributed by atoms with van der Waals surface area (Å²) in [6.45, 7) is 2.12. The second-order valence-corrected chi connectivity index (χ2v) is 5.88. The molecule has 0 fully saturated rings. The van der Waals surface area contributed by atoms with Crippen LogP contribution in [0.25, 0.3) is 22.6 Å². The monoisotopic (exact) mass is 340 g/mol. The van der Waals surface area contributed by atoms with Gasteiger partial charge in [0.15, 0.2) is 5.82 Å². The van der Waals surface area contributed by atoms with Crippen LogP contribution < -0.4 is 5.32 Å². The van der Waals surface area contributed by atoms with E-state index in [1.165, 1.54) is 0 Å². The van der Waals surface area contributed by atoms with E-state index in [1.807, 2.05) is 42.5 Å². The lowest BCUT2D eigenvalue weighted by molar-refractivity contribution is 0.208. The first kappa shape index (κ1) is 16.4. The number of rotatable bonds is 5. The molecule has 0 saturated heterocycles. The van der Waals surface area contributed by atoms with Gasteiger partial charge >= 0.3 is 0 Å². The Morgan fingerprint density at radius 3 is 2.58 bits per heavy atom. The molecule has 24 heavy (non-hydrogen) atoms. The van der Waals surface area contributed by atoms with Gasteiger partial charge in [0.2, 0.25) is 0 Å². The van der Waals surface area contributed by atoms with E-state index in [-0.39, 0.29) is 0 Å². The molecule has 5 nitrogen and oxygen atoms in total. The van der Waals surface area contributed by atoms with Crippen LogP contribution in [0.5, 0.6) is 0 Å². The van der Waals surface area contributed by atoms with Crippen molar-refractivity contribution < 1.29 is 5.11 Å². The fraction of sp³-hybridized carbons (Fsp3) is 0.167. The fourth-order valence-corrected chi connectivity index (χ4v) is 2.31. The number of aliphatic hydroxyl groups excluding tert-OH is 1. The number of hydrogen-bond acceptors (Lipinski definition) is 5. The molecule has 0 bridgehead atoms. The first-order valence-corrected chi connectivity index (χ1v) is 7.97. The number of aliphatic hydroxyl groups is 1. The Morgan fingerprint density at radius 2 is 1.92 bits per heavy atom. The van der Waals surface area contributed by atoms with Crippen molar-refractivity contribution in [3.8, 4) is 22.6 Å². The van der Waals surface area contributed by atoms with Gasteiger partial charge in [-0.05, 0) is 31.2 Å². The second-order valence-electron chi connectivity index (χ2n) is 5.44. The maximum absolute atomic E-state index is 9.49. The number of halogens is 1. The van der Waals surface area contributed by atoms with Crippen molar-refractivity contribution >= 4 is 17.4 Å². The Kier molecular flexibility index (Phi) is 5.03. The molecule has 0 amide bonds. The topological polar surface area (TPSA) is 70.9 Å². The quantitative estimate of drug-likeness (QED) is 0.741. The molecule has 3 aromatic rings. The summed E-state index contributed by atoms with van der Waals surface area (Å²) < 4.78 is 0. The summed E-state index contributed by atoms with van der Waals surface area (Å²) in [6.07, 6.45) is 2.96. The van der Waals surface area contributed by atoms with E-state index in [0.29, 0.717) is 23.2 Å². The molecule has 0 aliphatic carbocycles. The zero-order chi connectivity index (χ0) is 16.9. The average Bonchev–Trinajstić information content (AvgIpc) is 2.61. The molecule has 0 aliphatic rings. The minimum Gasteiger partial charge on any atom is -0.392 e. The van der Waals surface area contributed by atoms with Gasteiger partial charge in [-0.25, -0.2) is 9.97 Å². The normalized spacial score (nSPS) is 12.0. The molecule has 2 aromatic heterocycles. The lowest BCUT2D eigenvalue weighted by Gasteiger charge is -2.11. The first-order valence-electron chi connectivity index (χ1n) is 7.59. The van der Waals surface area contributed by atoms with Crippen LogP contribution in [0.3, 0.4) is 0 Å². The van der Waals surface area contributed by atoms with E-state index in [0.717, 1.165) is 16.8 Å². The Hall–Kier alpha value is -2.50. The lowest BCUT2D eigenvalue weighted by atomic mass is 10.1. The molecular weight excluding hydrogens is 324 g/mol. The minimum absolute atomic E-state index is 0.406. The number of aromatic nitrogens is 3. The van der Waals surface area contributed by atoms with Crippen molar-refractivity contribution in [3.63, 3.8) is 0 Å². The van der Waals surface area contributed by atoms with Gasteiger partial charge in [-0.3, -0.25) is 4.98 Å². The van der Waals surface area contributed by atoms with Crippen LogP contribution in [0.15, 0.2) is 54.9 Å². The lowest BCUT2D eigenvalue weighted by Crippen LogP contribution is -2.16. The van der Waals surface area contributed by atoms with Crippen LogP contribution in [0.4, 0.5) is 5.82 Å². The van der Waals surface area contributed by atoms with Gasteiger partial charge in [-0.1, -0.05) is 23.7 Å². The van der Waals surface area contributed by atoms with Gasteiger partial charge in [-0.15, -0.1) is 0 Å². The summed E-state index contributed by atoms with van der Waals surface area (Å²) in [5, 5.41) is 13.3. The van der Waals surface area contributed by atoms with Gasteiger partial charge in [0.1, 0.15) is 5.82 Å². The molecule has 0 unspecified atom stereocenters. The number of nitrogens with zero attached hydrogens (tertiary/aromatic N) is 3. The van der Waals surface area contributed by atoms with Gasteiger partial charge in [0.05, 0.1) is 11.8 Å². The zero-order valence-corrected chi connectivity index (χ0v) is 13.9. The predicted molar refractivity (Wildman–Crippen MR) is 95.9 cm³/mol. The molecule has 0 aliphatic heterocycles. The molecule has 0 saturated carbocycles. The zero-order valence-electron chi connectivity index (χ0n) is 13.1. The van der Waals surface area contributed by atoms with Gasteiger partial charge in [-0.2, -0.15) is 0 Å². The SMILES string of the molecule is C[C@@H](O)CNc1cc(-c2ccc(Cl)cc2)nc(-c2cccnc2)n1. The summed E-state index contributed by atoms with van der Waals surface area (Å²) in [5.41, 5.74) is 2.54. The molecule has 1 aromatic carbocycles. The summed E-state index contributed by atoms with van der Waals surface area (Å²) in [6, 6.07) is 13.1. The third kappa shape index (κ3) is 4.07. The van der Waals surface area contributed by atoms with Crippen LogP contribution >= 0.6 is 11.6 Å². The summed E-state index contributed by atoms with van der Waals surface area (Å²) in [4.78, 5) is 13.3. The Bertz CT molecular complexity index is 807. The Balaban J connectivity index is 2.04. The molecule has 3 rings (SSSR count). The third-order valence-corrected chi connectivity index (χ3v) is 3.62. The largest absolute Gasteiger partial charge is 0.392 e. The molecule has 6 heteroatoms. The third-order valence-electron chi connectivity index (χ3n) is 3.36. The van der Waals surface area contributed by atoms with Crippen LogP contribution in [-0.2, 0) is 0 Å². The van der Waals surface area contributed by atoms with E-state index in [9.17, 15) is 5.11 Å². The van der Waals surface area contributed by atoms with Gasteiger partial charge in [0, 0.05) is 41.2 Å². The summed E-state index contributed by atoms with van der Waals surface area (Å²) >= 11 is 5.96. The van der Waals surface area contributed by atoms with Crippen molar-refractivity contribution in [2.45, 2.75) is 13.0 Å². The standard InChI is InChI=1S/C18H17ClN4O/c1-12(24)10-21-17-9-16(13-4-6-15(19)7-5-13)22-18(23-17)14-3-2-8-20-11-14/h2-9,11-12,24H,10H2,1H3,(H,21,22,23)/t12-/m1/s1. The second kappa shape index (κ2) is 7.38. The van der Waals surface area contributed by atoms with Crippen LogP contribution in [0.1, 0.15) is 6.92 Å². The highest BCUT2D eigenvalue weighted by Gasteiger charge is 2.09. The summed E-state index contributed by atoms with van der Waals surface area (Å²) in [5.74, 6) is 1.22. The number of hydrogen-bond donors (Lipinski definition) is 2. The number of benzene rings is 1. The number of pyridine rings is 1. The van der Waals surface area contributed by atoms with E-state index < -0.39 is 6.10 Å². The molecule has 0 radical (unpaired) electrons. The van der Waals surface area contributed by atoms with Crippen molar-refractivity contribution in [1.82, 2.24) is 15.0 Å². The average molecular weight is 341 g/mol. The van der Waals surface area contributed by atoms with E-state index in [1.54, 1.807) is 19.3 Å². The molecule has 0 spiro atoms. The highest BCUT2D eigenvalue weighted by Crippen LogP contribution is 2.25. The molecule has 1 atom stereocenters. The van der Waals surface area contributed by atoms with E-state index >= 15 is 0 Å². The van der Waals surface area contributed by atoms with E-state index in [4.69, 9.17) is 11.6 Å². The maximum Gasteiger partial charge on any atom is 0.163 e. The summed E-state index contributed by atoms with van der Waals surface area (Å²) in [7, 11) is 0. The Labute approximate surface area is 145 Å². The van der Waals surface area contributed by atoms with Crippen molar-refractivity contribution in [1.29, 1.82) is 0 Å². The number of anilines is 1. The highest BCUT2D eigenvalue weighted by molar-refractivity contribution is 6.30. The molecule has 2 heterocycles. The van der Waals surface area contributed by atoms with Gasteiger partial charge < -0.3 is 10.4 Å². The highest BCUT2D eigenvalue weighted by atomic mass is 35.5. The smallest absolute Gasteiger partial charge is 0.163 e. The molecule has 122 valence electrons. The van der Waals surface area contributed by atoms with Gasteiger partial charge in [0.25, 0.3) is 0 Å². The molecular formula is C18H17ClN4O. The number of nitrogens with one attached hydrogen (secondary N) is 1. The first-order chi connectivity index (χ1) is 11.6. The van der Waals surface area contributed by atoms with Crippen LogP contribution in [-0.4, -0.2) is 32.7 Å². The van der Waals surface area contributed by atoms with Crippen molar-refractivity contribution in [3.05, 3.63) is 59.9 Å².